The third-order valence-corrected chi connectivity index (χ3v) is 3.92. The number of aliphatic carboxylic acids is 1. The Morgan fingerprint density at radius 2 is 1.80 bits per heavy atom. The summed E-state index contributed by atoms with van der Waals surface area (Å²) in [4.78, 5) is 34.9. The second-order valence-electron chi connectivity index (χ2n) is 5.78. The lowest BCUT2D eigenvalue weighted by molar-refractivity contribution is -0.147. The molecule has 0 aromatic rings. The van der Waals surface area contributed by atoms with Crippen LogP contribution in [0.15, 0.2) is 12.2 Å². The minimum atomic E-state index is -0.936. The van der Waals surface area contributed by atoms with Gasteiger partial charge in [0, 0.05) is 6.04 Å². The third-order valence-electron chi connectivity index (χ3n) is 3.92. The monoisotopic (exact) mass is 280 g/mol. The summed E-state index contributed by atoms with van der Waals surface area (Å²) in [5, 5.41) is 14.5. The third kappa shape index (κ3) is 2.84. The molecular formula is C14H20N2O4. The summed E-state index contributed by atoms with van der Waals surface area (Å²) in [7, 11) is 0. The van der Waals surface area contributed by atoms with Crippen molar-refractivity contribution in [2.75, 3.05) is 6.54 Å². The smallest absolute Gasteiger partial charge is 0.307 e. The minimum Gasteiger partial charge on any atom is -0.481 e. The molecule has 0 saturated heterocycles. The number of rotatable bonds is 5. The maximum atomic E-state index is 12.2. The zero-order valence-electron chi connectivity index (χ0n) is 11.6. The van der Waals surface area contributed by atoms with Crippen LogP contribution in [0, 0.1) is 23.7 Å². The first-order chi connectivity index (χ1) is 9.40. The van der Waals surface area contributed by atoms with Crippen LogP contribution in [0.1, 0.15) is 20.3 Å². The second kappa shape index (κ2) is 5.64. The van der Waals surface area contributed by atoms with E-state index >= 15 is 0 Å². The van der Waals surface area contributed by atoms with E-state index in [1.54, 1.807) is 0 Å². The van der Waals surface area contributed by atoms with Gasteiger partial charge in [-0.15, -0.1) is 0 Å². The molecule has 0 heterocycles. The van der Waals surface area contributed by atoms with Crippen molar-refractivity contribution in [2.24, 2.45) is 23.7 Å². The van der Waals surface area contributed by atoms with E-state index < -0.39 is 17.8 Å². The van der Waals surface area contributed by atoms with E-state index in [0.717, 1.165) is 0 Å². The maximum absolute atomic E-state index is 12.2. The lowest BCUT2D eigenvalue weighted by Gasteiger charge is -2.23. The Labute approximate surface area is 117 Å². The molecule has 6 heteroatoms. The van der Waals surface area contributed by atoms with Crippen molar-refractivity contribution in [1.29, 1.82) is 0 Å². The van der Waals surface area contributed by atoms with Crippen molar-refractivity contribution in [3.63, 3.8) is 0 Å². The highest BCUT2D eigenvalue weighted by atomic mass is 16.4. The zero-order chi connectivity index (χ0) is 14.9. The average Bonchev–Trinajstić information content (AvgIpc) is 2.94. The number of allylic oxidation sites excluding steroid dienone is 2. The van der Waals surface area contributed by atoms with E-state index in [1.807, 2.05) is 26.0 Å². The highest BCUT2D eigenvalue weighted by molar-refractivity contribution is 5.90. The van der Waals surface area contributed by atoms with Crippen molar-refractivity contribution in [3.05, 3.63) is 12.2 Å². The van der Waals surface area contributed by atoms with Gasteiger partial charge < -0.3 is 15.7 Å². The molecule has 3 N–H and O–H groups in total. The van der Waals surface area contributed by atoms with Crippen LogP contribution in [0.4, 0.5) is 0 Å². The van der Waals surface area contributed by atoms with Crippen LogP contribution in [0.25, 0.3) is 0 Å². The highest BCUT2D eigenvalue weighted by Gasteiger charge is 2.51. The van der Waals surface area contributed by atoms with Gasteiger partial charge in [-0.1, -0.05) is 12.2 Å². The largest absolute Gasteiger partial charge is 0.481 e. The zero-order valence-corrected chi connectivity index (χ0v) is 11.6. The van der Waals surface area contributed by atoms with Crippen LogP contribution in [-0.2, 0) is 14.4 Å². The number of fused-ring (bicyclic) bond motifs is 2. The SMILES string of the molecule is CC(C)NC(=O)CNC(=O)C1C2C=CC(C2)C1C(=O)O. The molecule has 0 aliphatic heterocycles. The average molecular weight is 280 g/mol. The summed E-state index contributed by atoms with van der Waals surface area (Å²) in [6, 6.07) is 0.0107. The van der Waals surface area contributed by atoms with Crippen LogP contribution in [0.2, 0.25) is 0 Å². The normalized spacial score (nSPS) is 30.6. The van der Waals surface area contributed by atoms with Gasteiger partial charge in [0.05, 0.1) is 18.4 Å². The van der Waals surface area contributed by atoms with Gasteiger partial charge in [-0.05, 0) is 32.1 Å². The minimum absolute atomic E-state index is 0.0107. The number of carboxylic acids is 1. The summed E-state index contributed by atoms with van der Waals surface area (Å²) in [6.07, 6.45) is 4.52. The predicted octanol–water partition coefficient (Wildman–Crippen LogP) is 0.150. The molecule has 4 unspecified atom stereocenters. The first-order valence-corrected chi connectivity index (χ1v) is 6.88. The van der Waals surface area contributed by atoms with Crippen molar-refractivity contribution >= 4 is 17.8 Å². The number of nitrogens with one attached hydrogen (secondary N) is 2. The lowest BCUT2D eigenvalue weighted by atomic mass is 9.82. The Hall–Kier alpha value is -1.85. The molecule has 0 spiro atoms. The molecule has 110 valence electrons. The molecule has 20 heavy (non-hydrogen) atoms. The summed E-state index contributed by atoms with van der Waals surface area (Å²) < 4.78 is 0. The van der Waals surface area contributed by atoms with E-state index in [2.05, 4.69) is 10.6 Å². The van der Waals surface area contributed by atoms with Crippen LogP contribution in [-0.4, -0.2) is 35.5 Å². The topological polar surface area (TPSA) is 95.5 Å². The quantitative estimate of drug-likeness (QED) is 0.625. The number of carbonyl (C=O) groups excluding carboxylic acids is 2. The molecule has 0 aromatic heterocycles. The van der Waals surface area contributed by atoms with Crippen molar-refractivity contribution in [2.45, 2.75) is 26.3 Å². The molecule has 6 nitrogen and oxygen atoms in total. The van der Waals surface area contributed by atoms with Gasteiger partial charge in [0.15, 0.2) is 0 Å². The van der Waals surface area contributed by atoms with Crippen LogP contribution < -0.4 is 10.6 Å². The Bertz CT molecular complexity index is 458. The number of amides is 2. The molecule has 4 atom stereocenters. The first-order valence-electron chi connectivity index (χ1n) is 6.88. The Balaban J connectivity index is 1.94. The molecule has 1 fully saturated rings. The molecule has 2 bridgehead atoms. The second-order valence-corrected chi connectivity index (χ2v) is 5.78. The molecule has 2 aliphatic carbocycles. The van der Waals surface area contributed by atoms with Gasteiger partial charge in [-0.2, -0.15) is 0 Å². The number of carboxylic acid groups (broad SMARTS) is 1. The Kier molecular flexibility index (Phi) is 4.11. The molecule has 2 rings (SSSR count). The van der Waals surface area contributed by atoms with Gasteiger partial charge >= 0.3 is 5.97 Å². The highest BCUT2D eigenvalue weighted by Crippen LogP contribution is 2.48. The molecular weight excluding hydrogens is 260 g/mol. The Morgan fingerprint density at radius 1 is 1.20 bits per heavy atom. The number of hydrogen-bond donors (Lipinski definition) is 3. The number of hydrogen-bond acceptors (Lipinski definition) is 3. The molecule has 1 saturated carbocycles. The van der Waals surface area contributed by atoms with Crippen LogP contribution in [0.3, 0.4) is 0 Å². The fourth-order valence-corrected chi connectivity index (χ4v) is 3.17. The van der Waals surface area contributed by atoms with E-state index in [-0.39, 0.29) is 36.2 Å². The van der Waals surface area contributed by atoms with Gasteiger partial charge in [0.25, 0.3) is 0 Å². The number of carbonyl (C=O) groups is 3. The molecule has 0 aromatic carbocycles. The molecule has 2 amide bonds. The summed E-state index contributed by atoms with van der Waals surface area (Å²) in [5.41, 5.74) is 0. The first kappa shape index (κ1) is 14.6. The van der Waals surface area contributed by atoms with Crippen molar-refractivity contribution < 1.29 is 19.5 Å². The van der Waals surface area contributed by atoms with Crippen LogP contribution >= 0.6 is 0 Å². The summed E-state index contributed by atoms with van der Waals surface area (Å²) in [5.74, 6) is -2.85. The van der Waals surface area contributed by atoms with Gasteiger partial charge in [-0.25, -0.2) is 0 Å². The van der Waals surface area contributed by atoms with Crippen LogP contribution in [0.5, 0.6) is 0 Å². The van der Waals surface area contributed by atoms with E-state index in [1.165, 1.54) is 0 Å². The van der Waals surface area contributed by atoms with Crippen molar-refractivity contribution in [1.82, 2.24) is 10.6 Å². The molecule has 0 radical (unpaired) electrons. The standard InChI is InChI=1S/C14H20N2O4/c1-7(2)16-10(17)6-15-13(18)11-8-3-4-9(5-8)12(11)14(19)20/h3-4,7-9,11-12H,5-6H2,1-2H3,(H,15,18)(H,16,17)(H,19,20). The summed E-state index contributed by atoms with van der Waals surface area (Å²) in [6.45, 7) is 3.56. The van der Waals surface area contributed by atoms with Gasteiger partial charge in [-0.3, -0.25) is 14.4 Å². The molecule has 2 aliphatic rings. The maximum Gasteiger partial charge on any atom is 0.307 e. The lowest BCUT2D eigenvalue weighted by Crippen LogP contribution is -2.45. The fraction of sp³-hybridized carbons (Fsp3) is 0.643. The summed E-state index contributed by atoms with van der Waals surface area (Å²) >= 11 is 0. The van der Waals surface area contributed by atoms with Crippen molar-refractivity contribution in [3.8, 4) is 0 Å². The van der Waals surface area contributed by atoms with E-state index in [9.17, 15) is 19.5 Å². The fourth-order valence-electron chi connectivity index (χ4n) is 3.17. The van der Waals surface area contributed by atoms with Gasteiger partial charge in [0.1, 0.15) is 0 Å². The van der Waals surface area contributed by atoms with E-state index in [0.29, 0.717) is 6.42 Å². The van der Waals surface area contributed by atoms with E-state index in [4.69, 9.17) is 0 Å². The Morgan fingerprint density at radius 3 is 2.35 bits per heavy atom. The predicted molar refractivity (Wildman–Crippen MR) is 71.6 cm³/mol. The van der Waals surface area contributed by atoms with Gasteiger partial charge in [0.2, 0.25) is 11.8 Å².